The fourth-order valence-electron chi connectivity index (χ4n) is 1.90. The molecule has 0 unspecified atom stereocenters. The molecule has 7 heteroatoms. The van der Waals surface area contributed by atoms with Crippen molar-refractivity contribution in [1.82, 2.24) is 20.3 Å². The molecule has 1 amide bonds. The van der Waals surface area contributed by atoms with Crippen LogP contribution in [-0.2, 0) is 6.42 Å². The summed E-state index contributed by atoms with van der Waals surface area (Å²) in [7, 11) is 0. The lowest BCUT2D eigenvalue weighted by Gasteiger charge is -2.07. The number of aromatic amines is 1. The molecule has 0 fully saturated rings. The molecule has 0 aliphatic heterocycles. The first-order valence-corrected chi connectivity index (χ1v) is 7.66. The third-order valence-corrected chi connectivity index (χ3v) is 3.50. The summed E-state index contributed by atoms with van der Waals surface area (Å²) in [6, 6.07) is 4.91. The standard InChI is InChI=1S/C14H16N4O2S/c1-9-17-10(8-12(19)18-9)5-7-15-13(20)11-4-3-6-16-14(11)21-2/h3-4,6,8H,5,7H2,1-2H3,(H,15,20)(H,17,18,19). The third-order valence-electron chi connectivity index (χ3n) is 2.79. The highest BCUT2D eigenvalue weighted by atomic mass is 32.2. The molecule has 0 spiro atoms. The number of nitrogens with zero attached hydrogens (tertiary/aromatic N) is 2. The van der Waals surface area contributed by atoms with E-state index in [2.05, 4.69) is 20.3 Å². The number of hydrogen-bond acceptors (Lipinski definition) is 5. The van der Waals surface area contributed by atoms with Crippen LogP contribution >= 0.6 is 11.8 Å². The van der Waals surface area contributed by atoms with Gasteiger partial charge in [0.2, 0.25) is 0 Å². The Morgan fingerprint density at radius 3 is 3.00 bits per heavy atom. The van der Waals surface area contributed by atoms with E-state index in [9.17, 15) is 9.59 Å². The Morgan fingerprint density at radius 1 is 1.48 bits per heavy atom. The number of carbonyl (C=O) groups excluding carboxylic acids is 1. The quantitative estimate of drug-likeness (QED) is 0.810. The van der Waals surface area contributed by atoms with Crippen LogP contribution in [0.25, 0.3) is 0 Å². The summed E-state index contributed by atoms with van der Waals surface area (Å²) in [5, 5.41) is 3.51. The molecular formula is C14H16N4O2S. The van der Waals surface area contributed by atoms with E-state index in [1.54, 1.807) is 25.3 Å². The SMILES string of the molecule is CSc1ncccc1C(=O)NCCc1cc(=O)[nH]c(C)n1. The predicted molar refractivity (Wildman–Crippen MR) is 81.6 cm³/mol. The average Bonchev–Trinajstić information content (AvgIpc) is 2.46. The second kappa shape index (κ2) is 7.03. The van der Waals surface area contributed by atoms with Crippen molar-refractivity contribution in [1.29, 1.82) is 0 Å². The van der Waals surface area contributed by atoms with E-state index in [0.29, 0.717) is 35.1 Å². The molecular weight excluding hydrogens is 288 g/mol. The van der Waals surface area contributed by atoms with Crippen molar-refractivity contribution in [2.24, 2.45) is 0 Å². The number of hydrogen-bond donors (Lipinski definition) is 2. The van der Waals surface area contributed by atoms with Crippen LogP contribution < -0.4 is 10.9 Å². The minimum absolute atomic E-state index is 0.172. The topological polar surface area (TPSA) is 87.7 Å². The first-order valence-electron chi connectivity index (χ1n) is 6.44. The molecule has 2 N–H and O–H groups in total. The highest BCUT2D eigenvalue weighted by Gasteiger charge is 2.11. The molecule has 110 valence electrons. The van der Waals surface area contributed by atoms with Crippen LogP contribution in [-0.4, -0.2) is 33.7 Å². The van der Waals surface area contributed by atoms with E-state index >= 15 is 0 Å². The molecule has 0 aromatic carbocycles. The first kappa shape index (κ1) is 15.2. The number of thioether (sulfide) groups is 1. The van der Waals surface area contributed by atoms with E-state index in [1.807, 2.05) is 6.26 Å². The van der Waals surface area contributed by atoms with E-state index in [0.717, 1.165) is 0 Å². The molecule has 2 aromatic heterocycles. The molecule has 2 rings (SSSR count). The van der Waals surface area contributed by atoms with Crippen molar-refractivity contribution in [2.75, 3.05) is 12.8 Å². The Balaban J connectivity index is 1.97. The lowest BCUT2D eigenvalue weighted by molar-refractivity contribution is 0.0950. The number of pyridine rings is 1. The van der Waals surface area contributed by atoms with Gasteiger partial charge in [-0.3, -0.25) is 9.59 Å². The van der Waals surface area contributed by atoms with Gasteiger partial charge in [-0.2, -0.15) is 0 Å². The maximum atomic E-state index is 12.1. The molecule has 21 heavy (non-hydrogen) atoms. The minimum Gasteiger partial charge on any atom is -0.352 e. The molecule has 0 saturated heterocycles. The van der Waals surface area contributed by atoms with Crippen molar-refractivity contribution < 1.29 is 4.79 Å². The van der Waals surface area contributed by atoms with Crippen molar-refractivity contribution in [3.8, 4) is 0 Å². The third kappa shape index (κ3) is 4.16. The van der Waals surface area contributed by atoms with Gasteiger partial charge in [0.05, 0.1) is 5.56 Å². The van der Waals surface area contributed by atoms with Crippen LogP contribution in [0.15, 0.2) is 34.2 Å². The highest BCUT2D eigenvalue weighted by molar-refractivity contribution is 7.98. The van der Waals surface area contributed by atoms with Gasteiger partial charge in [0, 0.05) is 30.9 Å². The Kier molecular flexibility index (Phi) is 5.10. The summed E-state index contributed by atoms with van der Waals surface area (Å²) in [4.78, 5) is 34.4. The van der Waals surface area contributed by atoms with Crippen LogP contribution in [0.4, 0.5) is 0 Å². The largest absolute Gasteiger partial charge is 0.352 e. The highest BCUT2D eigenvalue weighted by Crippen LogP contribution is 2.16. The van der Waals surface area contributed by atoms with Crippen LogP contribution in [0.1, 0.15) is 21.9 Å². The van der Waals surface area contributed by atoms with Crippen LogP contribution in [0, 0.1) is 6.92 Å². The maximum absolute atomic E-state index is 12.1. The number of amides is 1. The smallest absolute Gasteiger partial charge is 0.254 e. The molecule has 2 aromatic rings. The monoisotopic (exact) mass is 304 g/mol. The van der Waals surface area contributed by atoms with Crippen LogP contribution in [0.2, 0.25) is 0 Å². The van der Waals surface area contributed by atoms with Crippen LogP contribution in [0.5, 0.6) is 0 Å². The number of aryl methyl sites for hydroxylation is 1. The zero-order chi connectivity index (χ0) is 15.2. The Hall–Kier alpha value is -2.15. The maximum Gasteiger partial charge on any atom is 0.254 e. The summed E-state index contributed by atoms with van der Waals surface area (Å²) < 4.78 is 0. The fourth-order valence-corrected chi connectivity index (χ4v) is 2.44. The van der Waals surface area contributed by atoms with Crippen molar-refractivity contribution in [3.63, 3.8) is 0 Å². The van der Waals surface area contributed by atoms with E-state index < -0.39 is 0 Å². The summed E-state index contributed by atoms with van der Waals surface area (Å²) in [5.41, 5.74) is 1.04. The van der Waals surface area contributed by atoms with Crippen molar-refractivity contribution in [3.05, 3.63) is 51.8 Å². The van der Waals surface area contributed by atoms with E-state index in [4.69, 9.17) is 0 Å². The molecule has 6 nitrogen and oxygen atoms in total. The Labute approximate surface area is 126 Å². The Morgan fingerprint density at radius 2 is 2.29 bits per heavy atom. The average molecular weight is 304 g/mol. The van der Waals surface area contributed by atoms with Gasteiger partial charge < -0.3 is 10.3 Å². The second-order valence-corrected chi connectivity index (χ2v) is 5.18. The van der Waals surface area contributed by atoms with Crippen molar-refractivity contribution >= 4 is 17.7 Å². The molecule has 0 saturated carbocycles. The number of H-pyrrole nitrogens is 1. The summed E-state index contributed by atoms with van der Waals surface area (Å²) in [6.45, 7) is 2.14. The fraction of sp³-hybridized carbons (Fsp3) is 0.286. The van der Waals surface area contributed by atoms with Gasteiger partial charge in [-0.05, 0) is 25.3 Å². The predicted octanol–water partition coefficient (Wildman–Crippen LogP) is 1.17. The van der Waals surface area contributed by atoms with Gasteiger partial charge >= 0.3 is 0 Å². The summed E-state index contributed by atoms with van der Waals surface area (Å²) in [6.07, 6.45) is 4.04. The Bertz CT molecular complexity index is 699. The van der Waals surface area contributed by atoms with Gasteiger partial charge in [0.15, 0.2) is 0 Å². The lowest BCUT2D eigenvalue weighted by atomic mass is 10.2. The van der Waals surface area contributed by atoms with E-state index in [-0.39, 0.29) is 11.5 Å². The zero-order valence-electron chi connectivity index (χ0n) is 11.8. The first-order chi connectivity index (χ1) is 10.1. The number of aromatic nitrogens is 3. The lowest BCUT2D eigenvalue weighted by Crippen LogP contribution is -2.27. The number of rotatable bonds is 5. The van der Waals surface area contributed by atoms with Gasteiger partial charge in [-0.25, -0.2) is 9.97 Å². The molecule has 0 bridgehead atoms. The van der Waals surface area contributed by atoms with Gasteiger partial charge in [-0.15, -0.1) is 11.8 Å². The van der Waals surface area contributed by atoms with Gasteiger partial charge in [-0.1, -0.05) is 0 Å². The minimum atomic E-state index is -0.180. The molecule has 0 aliphatic rings. The van der Waals surface area contributed by atoms with E-state index in [1.165, 1.54) is 17.8 Å². The zero-order valence-corrected chi connectivity index (χ0v) is 12.7. The molecule has 0 radical (unpaired) electrons. The molecule has 0 atom stereocenters. The second-order valence-electron chi connectivity index (χ2n) is 4.39. The van der Waals surface area contributed by atoms with Crippen molar-refractivity contribution in [2.45, 2.75) is 18.4 Å². The van der Waals surface area contributed by atoms with Crippen LogP contribution in [0.3, 0.4) is 0 Å². The summed E-state index contributed by atoms with van der Waals surface area (Å²) in [5.74, 6) is 0.398. The van der Waals surface area contributed by atoms with Gasteiger partial charge in [0.1, 0.15) is 10.9 Å². The number of carbonyl (C=O) groups is 1. The molecule has 0 aliphatic carbocycles. The van der Waals surface area contributed by atoms with Gasteiger partial charge in [0.25, 0.3) is 11.5 Å². The normalized spacial score (nSPS) is 10.4. The summed E-state index contributed by atoms with van der Waals surface area (Å²) >= 11 is 1.43. The molecule has 2 heterocycles. The number of nitrogens with one attached hydrogen (secondary N) is 2.